The lowest BCUT2D eigenvalue weighted by atomic mass is 10.1. The Kier molecular flexibility index (Phi) is 5.23. The van der Waals surface area contributed by atoms with Crippen LogP contribution in [0.15, 0.2) is 15.7 Å². The molecule has 2 atom stereocenters. The molecule has 2 aromatic rings. The van der Waals surface area contributed by atoms with Crippen molar-refractivity contribution in [3.05, 3.63) is 32.8 Å². The maximum Gasteiger partial charge on any atom is 0.408 e. The Morgan fingerprint density at radius 2 is 2.14 bits per heavy atom. The molecule has 4 heterocycles. The molecule has 158 valence electrons. The van der Waals surface area contributed by atoms with Crippen molar-refractivity contribution in [3.8, 4) is 0 Å². The Bertz CT molecular complexity index is 933. The van der Waals surface area contributed by atoms with Crippen LogP contribution in [0.5, 0.6) is 0 Å². The van der Waals surface area contributed by atoms with Crippen LogP contribution >= 0.6 is 11.3 Å². The first-order valence-electron chi connectivity index (χ1n) is 9.12. The summed E-state index contributed by atoms with van der Waals surface area (Å²) in [4.78, 5) is 23.5. The zero-order valence-corrected chi connectivity index (χ0v) is 16.3. The minimum Gasteiger partial charge on any atom is -0.377 e. The molecule has 0 aliphatic carbocycles. The minimum atomic E-state index is -4.53. The maximum absolute atomic E-state index is 14.9. The van der Waals surface area contributed by atoms with Crippen LogP contribution < -0.4 is 15.4 Å². The normalized spacial score (nSPS) is 22.7. The van der Waals surface area contributed by atoms with Crippen molar-refractivity contribution >= 4 is 23.1 Å². The zero-order chi connectivity index (χ0) is 20.8. The molecule has 0 bridgehead atoms. The number of hydrogen-bond acceptors (Lipinski definition) is 7. The molecule has 2 aliphatic heterocycles. The molecular weight excluding hydrogens is 414 g/mol. The minimum absolute atomic E-state index is 0.177. The van der Waals surface area contributed by atoms with E-state index in [-0.39, 0.29) is 37.3 Å². The number of ether oxygens (including phenoxy) is 1. The molecule has 1 fully saturated rings. The zero-order valence-electron chi connectivity index (χ0n) is 15.5. The molecule has 2 unspecified atom stereocenters. The average molecular weight is 433 g/mol. The number of hydrogen-bond donors (Lipinski definition) is 0. The number of thiazole rings is 1. The summed E-state index contributed by atoms with van der Waals surface area (Å²) in [6.07, 6.45) is -4.89. The highest BCUT2D eigenvalue weighted by Gasteiger charge is 2.47. The lowest BCUT2D eigenvalue weighted by Crippen LogP contribution is -2.53. The molecule has 2 aromatic heterocycles. The highest BCUT2D eigenvalue weighted by atomic mass is 32.1. The first-order chi connectivity index (χ1) is 13.8. The first-order valence-corrected chi connectivity index (χ1v) is 10.1. The topological polar surface area (TPSA) is 63.5 Å². The van der Waals surface area contributed by atoms with Gasteiger partial charge in [0.25, 0.3) is 5.56 Å². The average Bonchev–Trinajstić information content (AvgIpc) is 3.18. The van der Waals surface area contributed by atoms with Gasteiger partial charge in [-0.05, 0) is 13.3 Å². The second-order valence-corrected chi connectivity index (χ2v) is 7.80. The van der Waals surface area contributed by atoms with E-state index >= 15 is 0 Å². The lowest BCUT2D eigenvalue weighted by molar-refractivity contribution is -0.153. The number of fused-ring (bicyclic) bond motifs is 1. The van der Waals surface area contributed by atoms with Crippen LogP contribution in [0.2, 0.25) is 0 Å². The van der Waals surface area contributed by atoms with Gasteiger partial charge in [0, 0.05) is 18.5 Å². The molecule has 4 rings (SSSR count). The highest BCUT2D eigenvalue weighted by Crippen LogP contribution is 2.36. The molecule has 0 spiro atoms. The molecule has 0 N–H and O–H groups in total. The number of rotatable bonds is 3. The summed E-state index contributed by atoms with van der Waals surface area (Å²) in [5.74, 6) is -1.48. The Hall–Kier alpha value is -2.21. The van der Waals surface area contributed by atoms with E-state index in [2.05, 4.69) is 9.97 Å². The van der Waals surface area contributed by atoms with Gasteiger partial charge in [0.1, 0.15) is 6.04 Å². The van der Waals surface area contributed by atoms with Crippen molar-refractivity contribution in [3.63, 3.8) is 0 Å². The van der Waals surface area contributed by atoms with E-state index in [1.807, 2.05) is 0 Å². The van der Waals surface area contributed by atoms with E-state index in [1.165, 1.54) is 16.8 Å². The van der Waals surface area contributed by atoms with Crippen LogP contribution in [0.4, 0.5) is 29.3 Å². The number of morpholine rings is 1. The molecule has 2 aliphatic rings. The van der Waals surface area contributed by atoms with Crippen molar-refractivity contribution in [1.82, 2.24) is 14.5 Å². The molecular formula is C17H19F4N5O2S. The van der Waals surface area contributed by atoms with Crippen LogP contribution in [-0.2, 0) is 17.8 Å². The van der Waals surface area contributed by atoms with Gasteiger partial charge in [0.2, 0.25) is 11.8 Å². The van der Waals surface area contributed by atoms with Crippen LogP contribution in [-0.4, -0.2) is 52.6 Å². The second-order valence-electron chi connectivity index (χ2n) is 7.08. The van der Waals surface area contributed by atoms with Gasteiger partial charge in [-0.15, -0.1) is 11.3 Å². The van der Waals surface area contributed by atoms with E-state index in [4.69, 9.17) is 4.74 Å². The predicted octanol–water partition coefficient (Wildman–Crippen LogP) is 2.41. The molecule has 1 saturated heterocycles. The van der Waals surface area contributed by atoms with E-state index in [0.717, 1.165) is 9.47 Å². The quantitative estimate of drug-likeness (QED) is 0.693. The van der Waals surface area contributed by atoms with E-state index in [9.17, 15) is 22.4 Å². The van der Waals surface area contributed by atoms with Gasteiger partial charge in [-0.1, -0.05) is 0 Å². The van der Waals surface area contributed by atoms with Gasteiger partial charge >= 0.3 is 6.18 Å². The Labute approximate surface area is 167 Å². The lowest BCUT2D eigenvalue weighted by Gasteiger charge is -2.40. The van der Waals surface area contributed by atoms with Gasteiger partial charge in [-0.2, -0.15) is 22.5 Å². The SMILES string of the molecule is CC1COCCN1c1nc2n(c(=O)c1F)CCC(C(F)(F)F)N2Cc1cscn1. The summed E-state index contributed by atoms with van der Waals surface area (Å²) in [5.41, 5.74) is 0.985. The molecule has 12 heteroatoms. The number of aromatic nitrogens is 3. The van der Waals surface area contributed by atoms with Crippen molar-refractivity contribution in [2.24, 2.45) is 0 Å². The third-order valence-corrected chi connectivity index (χ3v) is 5.80. The van der Waals surface area contributed by atoms with Crippen LogP contribution in [0.1, 0.15) is 19.0 Å². The second kappa shape index (κ2) is 7.56. The Balaban J connectivity index is 1.83. The largest absolute Gasteiger partial charge is 0.408 e. The molecule has 29 heavy (non-hydrogen) atoms. The van der Waals surface area contributed by atoms with Gasteiger partial charge in [-0.25, -0.2) is 4.98 Å². The van der Waals surface area contributed by atoms with Crippen molar-refractivity contribution < 1.29 is 22.3 Å². The fourth-order valence-corrected chi connectivity index (χ4v) is 4.27. The number of halogens is 4. The maximum atomic E-state index is 14.9. The van der Waals surface area contributed by atoms with Crippen LogP contribution in [0.3, 0.4) is 0 Å². The summed E-state index contributed by atoms with van der Waals surface area (Å²) in [6.45, 7) is 2.27. The van der Waals surface area contributed by atoms with Gasteiger partial charge < -0.3 is 14.5 Å². The molecule has 0 radical (unpaired) electrons. The van der Waals surface area contributed by atoms with Gasteiger partial charge in [0.15, 0.2) is 5.82 Å². The van der Waals surface area contributed by atoms with E-state index < -0.39 is 23.6 Å². The van der Waals surface area contributed by atoms with E-state index in [0.29, 0.717) is 25.5 Å². The Morgan fingerprint density at radius 1 is 1.34 bits per heavy atom. The smallest absolute Gasteiger partial charge is 0.377 e. The monoisotopic (exact) mass is 433 g/mol. The molecule has 0 amide bonds. The third kappa shape index (κ3) is 3.70. The highest BCUT2D eigenvalue weighted by molar-refractivity contribution is 7.07. The van der Waals surface area contributed by atoms with E-state index in [1.54, 1.807) is 17.2 Å². The summed E-state index contributed by atoms with van der Waals surface area (Å²) >= 11 is 1.26. The number of alkyl halides is 3. The molecule has 0 aromatic carbocycles. The van der Waals surface area contributed by atoms with Crippen molar-refractivity contribution in [1.29, 1.82) is 0 Å². The fraction of sp³-hybridized carbons (Fsp3) is 0.588. The predicted molar refractivity (Wildman–Crippen MR) is 98.8 cm³/mol. The summed E-state index contributed by atoms with van der Waals surface area (Å²) in [5, 5.41) is 1.64. The number of anilines is 2. The Morgan fingerprint density at radius 3 is 2.79 bits per heavy atom. The van der Waals surface area contributed by atoms with Gasteiger partial charge in [-0.3, -0.25) is 9.36 Å². The third-order valence-electron chi connectivity index (χ3n) is 5.17. The standard InChI is InChI=1S/C17H19F4N5O2S/c1-10-7-28-5-4-24(10)14-13(18)15(27)25-3-2-12(17(19,20)21)26(16(25)23-14)6-11-8-29-9-22-11/h8-10,12H,2-7H2,1H3. The van der Waals surface area contributed by atoms with Crippen molar-refractivity contribution in [2.75, 3.05) is 29.6 Å². The van der Waals surface area contributed by atoms with Crippen molar-refractivity contribution in [2.45, 2.75) is 44.7 Å². The van der Waals surface area contributed by atoms with Crippen LogP contribution in [0, 0.1) is 5.82 Å². The molecule has 7 nitrogen and oxygen atoms in total. The first kappa shape index (κ1) is 20.1. The molecule has 0 saturated carbocycles. The fourth-order valence-electron chi connectivity index (χ4n) is 3.72. The van der Waals surface area contributed by atoms with Crippen LogP contribution in [0.25, 0.3) is 0 Å². The summed E-state index contributed by atoms with van der Waals surface area (Å²) in [7, 11) is 0. The number of nitrogens with zero attached hydrogens (tertiary/aromatic N) is 5. The summed E-state index contributed by atoms with van der Waals surface area (Å²) in [6, 6.07) is -2.10. The van der Waals surface area contributed by atoms with Gasteiger partial charge in [0.05, 0.1) is 37.0 Å². The summed E-state index contributed by atoms with van der Waals surface area (Å²) < 4.78 is 62.4.